The molecular formula is C7H17NO2. The number of nitrogens with two attached hydrogens (primary N) is 1. The van der Waals surface area contributed by atoms with E-state index in [0.29, 0.717) is 13.2 Å². The summed E-state index contributed by atoms with van der Waals surface area (Å²) in [5.74, 6) is 0. The fourth-order valence-corrected chi connectivity index (χ4v) is 0.493. The van der Waals surface area contributed by atoms with Gasteiger partial charge in [0.1, 0.15) is 0 Å². The van der Waals surface area contributed by atoms with E-state index in [1.807, 2.05) is 13.8 Å². The van der Waals surface area contributed by atoms with Gasteiger partial charge in [-0.1, -0.05) is 0 Å². The van der Waals surface area contributed by atoms with Crippen LogP contribution in [0.25, 0.3) is 0 Å². The summed E-state index contributed by atoms with van der Waals surface area (Å²) in [5.41, 5.74) is 5.32. The first-order valence-corrected chi connectivity index (χ1v) is 3.46. The van der Waals surface area contributed by atoms with Gasteiger partial charge in [-0.15, -0.1) is 0 Å². The van der Waals surface area contributed by atoms with E-state index < -0.39 is 6.10 Å². The van der Waals surface area contributed by atoms with Crippen molar-refractivity contribution in [3.63, 3.8) is 0 Å². The van der Waals surface area contributed by atoms with Gasteiger partial charge < -0.3 is 15.6 Å². The fourth-order valence-electron chi connectivity index (χ4n) is 0.493. The molecule has 0 aliphatic carbocycles. The molecule has 0 saturated carbocycles. The van der Waals surface area contributed by atoms with Crippen molar-refractivity contribution in [3.8, 4) is 0 Å². The van der Waals surface area contributed by atoms with Crippen molar-refractivity contribution in [2.24, 2.45) is 5.73 Å². The minimum Gasteiger partial charge on any atom is -0.391 e. The topological polar surface area (TPSA) is 55.5 Å². The second-order valence-corrected chi connectivity index (χ2v) is 3.35. The lowest BCUT2D eigenvalue weighted by molar-refractivity contribution is 0.0284. The molecule has 3 heteroatoms. The molecule has 1 atom stereocenters. The largest absolute Gasteiger partial charge is 0.391 e. The Morgan fingerprint density at radius 1 is 1.60 bits per heavy atom. The first-order chi connectivity index (χ1) is 4.42. The van der Waals surface area contributed by atoms with Gasteiger partial charge in [0.05, 0.1) is 19.3 Å². The summed E-state index contributed by atoms with van der Waals surface area (Å²) >= 11 is 0. The molecule has 1 unspecified atom stereocenters. The van der Waals surface area contributed by atoms with Crippen LogP contribution in [-0.2, 0) is 4.74 Å². The SMILES string of the molecule is CC(O)COCC(C)(C)N. The predicted molar refractivity (Wildman–Crippen MR) is 40.8 cm³/mol. The standard InChI is InChI=1S/C7H17NO2/c1-6(9)4-10-5-7(2,3)8/h6,9H,4-5,8H2,1-3H3. The molecule has 0 rings (SSSR count). The summed E-state index contributed by atoms with van der Waals surface area (Å²) < 4.78 is 5.08. The average molecular weight is 147 g/mol. The summed E-state index contributed by atoms with van der Waals surface area (Å²) in [6.07, 6.45) is -0.401. The molecule has 0 bridgehead atoms. The Morgan fingerprint density at radius 2 is 2.10 bits per heavy atom. The van der Waals surface area contributed by atoms with Crippen molar-refractivity contribution in [2.45, 2.75) is 32.4 Å². The molecule has 62 valence electrons. The van der Waals surface area contributed by atoms with E-state index >= 15 is 0 Å². The highest BCUT2D eigenvalue weighted by molar-refractivity contribution is 4.70. The molecule has 0 saturated heterocycles. The molecule has 3 N–H and O–H groups in total. The lowest BCUT2D eigenvalue weighted by Gasteiger charge is -2.18. The van der Waals surface area contributed by atoms with E-state index in [-0.39, 0.29) is 5.54 Å². The Bertz CT molecular complexity index is 86.1. The predicted octanol–water partition coefficient (Wildman–Crippen LogP) is 0.121. The van der Waals surface area contributed by atoms with Gasteiger partial charge in [-0.3, -0.25) is 0 Å². The quantitative estimate of drug-likeness (QED) is 0.594. The van der Waals surface area contributed by atoms with Gasteiger partial charge in [-0.2, -0.15) is 0 Å². The van der Waals surface area contributed by atoms with Crippen LogP contribution < -0.4 is 5.73 Å². The smallest absolute Gasteiger partial charge is 0.0745 e. The van der Waals surface area contributed by atoms with Crippen molar-refractivity contribution in [1.29, 1.82) is 0 Å². The second-order valence-electron chi connectivity index (χ2n) is 3.35. The van der Waals surface area contributed by atoms with Gasteiger partial charge in [0, 0.05) is 5.54 Å². The van der Waals surface area contributed by atoms with Crippen molar-refractivity contribution >= 4 is 0 Å². The zero-order valence-electron chi connectivity index (χ0n) is 6.92. The maximum atomic E-state index is 8.78. The average Bonchev–Trinajstić information content (AvgIpc) is 1.59. The molecule has 0 radical (unpaired) electrons. The van der Waals surface area contributed by atoms with Crippen LogP contribution in [-0.4, -0.2) is 30.0 Å². The maximum Gasteiger partial charge on any atom is 0.0745 e. The zero-order chi connectivity index (χ0) is 8.20. The van der Waals surface area contributed by atoms with Crippen molar-refractivity contribution in [2.75, 3.05) is 13.2 Å². The lowest BCUT2D eigenvalue weighted by atomic mass is 10.1. The number of rotatable bonds is 4. The van der Waals surface area contributed by atoms with Crippen LogP contribution >= 0.6 is 0 Å². The van der Waals surface area contributed by atoms with E-state index in [9.17, 15) is 0 Å². The van der Waals surface area contributed by atoms with E-state index in [0.717, 1.165) is 0 Å². The van der Waals surface area contributed by atoms with Crippen LogP contribution in [0.5, 0.6) is 0 Å². The summed E-state index contributed by atoms with van der Waals surface area (Å²) in [6, 6.07) is 0. The Balaban J connectivity index is 3.21. The normalized spacial score (nSPS) is 15.3. The first-order valence-electron chi connectivity index (χ1n) is 3.46. The monoisotopic (exact) mass is 147 g/mol. The Labute approximate surface area is 62.2 Å². The van der Waals surface area contributed by atoms with Gasteiger partial charge in [-0.05, 0) is 20.8 Å². The third-order valence-corrected chi connectivity index (χ3v) is 0.833. The number of ether oxygens (including phenoxy) is 1. The van der Waals surface area contributed by atoms with Crippen LogP contribution in [0.2, 0.25) is 0 Å². The molecule has 0 aromatic heterocycles. The molecule has 0 heterocycles. The Kier molecular flexibility index (Phi) is 3.86. The molecule has 0 aliphatic heterocycles. The summed E-state index contributed by atoms with van der Waals surface area (Å²) in [7, 11) is 0. The summed E-state index contributed by atoms with van der Waals surface area (Å²) in [4.78, 5) is 0. The minimum absolute atomic E-state index is 0.297. The van der Waals surface area contributed by atoms with Gasteiger partial charge in [0.2, 0.25) is 0 Å². The van der Waals surface area contributed by atoms with Crippen LogP contribution in [0.1, 0.15) is 20.8 Å². The van der Waals surface area contributed by atoms with Crippen LogP contribution in [0, 0.1) is 0 Å². The van der Waals surface area contributed by atoms with Gasteiger partial charge in [0.25, 0.3) is 0 Å². The van der Waals surface area contributed by atoms with E-state index in [1.54, 1.807) is 6.92 Å². The molecular weight excluding hydrogens is 130 g/mol. The number of hydrogen-bond acceptors (Lipinski definition) is 3. The fraction of sp³-hybridized carbons (Fsp3) is 1.00. The molecule has 0 fully saturated rings. The second kappa shape index (κ2) is 3.91. The van der Waals surface area contributed by atoms with E-state index in [4.69, 9.17) is 15.6 Å². The van der Waals surface area contributed by atoms with E-state index in [2.05, 4.69) is 0 Å². The minimum atomic E-state index is -0.401. The molecule has 10 heavy (non-hydrogen) atoms. The van der Waals surface area contributed by atoms with Crippen molar-refractivity contribution < 1.29 is 9.84 Å². The zero-order valence-corrected chi connectivity index (χ0v) is 6.92. The number of aliphatic hydroxyl groups excluding tert-OH is 1. The van der Waals surface area contributed by atoms with E-state index in [1.165, 1.54) is 0 Å². The maximum absolute atomic E-state index is 8.78. The molecule has 0 spiro atoms. The molecule has 0 aromatic rings. The first kappa shape index (κ1) is 9.88. The number of hydrogen-bond donors (Lipinski definition) is 2. The van der Waals surface area contributed by atoms with Crippen LogP contribution in [0.3, 0.4) is 0 Å². The van der Waals surface area contributed by atoms with Gasteiger partial charge in [-0.25, -0.2) is 0 Å². The highest BCUT2D eigenvalue weighted by atomic mass is 16.5. The van der Waals surface area contributed by atoms with Crippen molar-refractivity contribution in [3.05, 3.63) is 0 Å². The lowest BCUT2D eigenvalue weighted by Crippen LogP contribution is -2.38. The molecule has 0 aliphatic rings. The van der Waals surface area contributed by atoms with Crippen LogP contribution in [0.4, 0.5) is 0 Å². The summed E-state index contributed by atoms with van der Waals surface area (Å²) in [6.45, 7) is 6.30. The van der Waals surface area contributed by atoms with Crippen molar-refractivity contribution in [1.82, 2.24) is 0 Å². The highest BCUT2D eigenvalue weighted by Gasteiger charge is 2.10. The highest BCUT2D eigenvalue weighted by Crippen LogP contribution is 1.97. The Hall–Kier alpha value is -0.120. The molecule has 0 aromatic carbocycles. The molecule has 0 amide bonds. The number of aliphatic hydroxyl groups is 1. The molecule has 3 nitrogen and oxygen atoms in total. The summed E-state index contributed by atoms with van der Waals surface area (Å²) in [5, 5.41) is 8.78. The third kappa shape index (κ3) is 7.88. The Morgan fingerprint density at radius 3 is 2.40 bits per heavy atom. The van der Waals surface area contributed by atoms with Gasteiger partial charge >= 0.3 is 0 Å². The van der Waals surface area contributed by atoms with Crippen LogP contribution in [0.15, 0.2) is 0 Å². The third-order valence-electron chi connectivity index (χ3n) is 0.833. The van der Waals surface area contributed by atoms with Gasteiger partial charge in [0.15, 0.2) is 0 Å².